The number of methoxy groups -OCH3 is 1. The minimum Gasteiger partial charge on any atom is -0.380 e. The van der Waals surface area contributed by atoms with Crippen molar-refractivity contribution in [3.05, 3.63) is 35.9 Å². The van der Waals surface area contributed by atoms with Gasteiger partial charge in [0.25, 0.3) is 0 Å². The summed E-state index contributed by atoms with van der Waals surface area (Å²) in [6.07, 6.45) is 1.13. The quantitative estimate of drug-likeness (QED) is 0.360. The Morgan fingerprint density at radius 3 is 1.82 bits per heavy atom. The summed E-state index contributed by atoms with van der Waals surface area (Å²) in [4.78, 5) is 98.7. The largest absolute Gasteiger partial charge is 0.380 e. The minimum atomic E-state index is -0.983. The fourth-order valence-electron chi connectivity index (χ4n) is 5.88. The summed E-state index contributed by atoms with van der Waals surface area (Å²) in [6.45, 7) is 14.3. The van der Waals surface area contributed by atoms with Gasteiger partial charge in [0.1, 0.15) is 30.2 Å². The molecule has 15 heteroatoms. The number of nitrogens with zero attached hydrogens (tertiary/aromatic N) is 4. The first-order valence-electron chi connectivity index (χ1n) is 19.1. The van der Waals surface area contributed by atoms with Crippen LogP contribution >= 0.6 is 0 Å². The summed E-state index contributed by atoms with van der Waals surface area (Å²) >= 11 is 0. The monoisotopic (exact) mass is 774 g/mol. The maximum Gasteiger partial charge on any atom is 0.245 e. The second-order valence-corrected chi connectivity index (χ2v) is 15.4. The van der Waals surface area contributed by atoms with Crippen molar-refractivity contribution in [2.45, 2.75) is 111 Å². The first-order valence-corrected chi connectivity index (χ1v) is 19.1. The molecule has 3 N–H and O–H groups in total. The predicted octanol–water partition coefficient (Wildman–Crippen LogP) is 2.04. The van der Waals surface area contributed by atoms with Crippen molar-refractivity contribution in [2.24, 2.45) is 17.8 Å². The lowest BCUT2D eigenvalue weighted by molar-refractivity contribution is -0.148. The fraction of sp³-hybridized carbons (Fsp3) is 0.675. The summed E-state index contributed by atoms with van der Waals surface area (Å²) in [5, 5.41) is 8.03. The lowest BCUT2D eigenvalue weighted by atomic mass is 9.97. The molecule has 0 radical (unpaired) electrons. The maximum absolute atomic E-state index is 13.8. The number of hydrogen-bond acceptors (Lipinski definition) is 8. The van der Waals surface area contributed by atoms with E-state index in [0.29, 0.717) is 19.4 Å². The summed E-state index contributed by atoms with van der Waals surface area (Å²) in [5.41, 5.74) is 1.22. The predicted molar refractivity (Wildman–Crippen MR) is 211 cm³/mol. The molecule has 1 aromatic carbocycles. The van der Waals surface area contributed by atoms with E-state index in [-0.39, 0.29) is 30.7 Å². The lowest BCUT2D eigenvalue weighted by Crippen LogP contribution is -2.58. The maximum atomic E-state index is 13.8. The smallest absolute Gasteiger partial charge is 0.245 e. The van der Waals surface area contributed by atoms with E-state index in [1.54, 1.807) is 14.0 Å². The molecule has 0 saturated carbocycles. The number of rotatable bonds is 8. The third-order valence-electron chi connectivity index (χ3n) is 9.90. The number of likely N-dealkylation sites (N-methyl/N-ethyl adjacent to an activating group) is 4. The van der Waals surface area contributed by atoms with Gasteiger partial charge in [0.05, 0.1) is 19.7 Å². The van der Waals surface area contributed by atoms with Gasteiger partial charge in [-0.1, -0.05) is 78.3 Å². The van der Waals surface area contributed by atoms with Crippen LogP contribution in [-0.2, 0) is 44.9 Å². The molecule has 1 aromatic rings. The van der Waals surface area contributed by atoms with E-state index in [0.717, 1.165) is 0 Å². The Bertz CT molecular complexity index is 1440. The molecule has 0 spiro atoms. The third-order valence-corrected chi connectivity index (χ3v) is 9.90. The number of hydrogen-bond donors (Lipinski definition) is 3. The van der Waals surface area contributed by atoms with Crippen LogP contribution in [0.5, 0.6) is 0 Å². The Balaban J connectivity index is 0.00000146. The first-order chi connectivity index (χ1) is 25.7. The van der Waals surface area contributed by atoms with E-state index >= 15 is 0 Å². The van der Waals surface area contributed by atoms with Gasteiger partial charge in [-0.3, -0.25) is 33.6 Å². The summed E-state index contributed by atoms with van der Waals surface area (Å²) < 4.78 is 4.93. The topological polar surface area (TPSA) is 178 Å². The van der Waals surface area contributed by atoms with E-state index < -0.39 is 78.1 Å². The van der Waals surface area contributed by atoms with Crippen molar-refractivity contribution in [1.29, 1.82) is 0 Å². The number of amides is 7. The van der Waals surface area contributed by atoms with Crippen LogP contribution in [0.1, 0.15) is 80.2 Å². The van der Waals surface area contributed by atoms with Gasteiger partial charge in [0.15, 0.2) is 0 Å². The van der Waals surface area contributed by atoms with Crippen LogP contribution in [0, 0.1) is 17.8 Å². The molecule has 7 amide bonds. The van der Waals surface area contributed by atoms with E-state index in [4.69, 9.17) is 4.74 Å². The van der Waals surface area contributed by atoms with Crippen LogP contribution in [0.15, 0.2) is 30.3 Å². The van der Waals surface area contributed by atoms with Crippen molar-refractivity contribution in [1.82, 2.24) is 35.6 Å². The average molecular weight is 774 g/mol. The Morgan fingerprint density at radius 1 is 0.727 bits per heavy atom. The van der Waals surface area contributed by atoms with E-state index in [9.17, 15) is 33.6 Å². The summed E-state index contributed by atoms with van der Waals surface area (Å²) in [5.74, 6) is -4.01. The zero-order valence-corrected chi connectivity index (χ0v) is 35.3. The number of benzene rings is 1. The number of nitrogens with one attached hydrogen (secondary N) is 3. The van der Waals surface area contributed by atoms with Gasteiger partial charge in [-0.15, -0.1) is 0 Å². The molecule has 0 aliphatic carbocycles. The number of ether oxygens (including phenoxy) is 1. The van der Waals surface area contributed by atoms with E-state index in [2.05, 4.69) is 16.0 Å². The molecule has 1 fully saturated rings. The minimum absolute atomic E-state index is 0.00637. The molecular weight excluding hydrogens is 706 g/mol. The Kier molecular flexibility index (Phi) is 20.6. The summed E-state index contributed by atoms with van der Waals surface area (Å²) in [6, 6.07) is 5.25. The van der Waals surface area contributed by atoms with E-state index in [1.165, 1.54) is 67.2 Å². The molecule has 5 unspecified atom stereocenters. The zero-order valence-electron chi connectivity index (χ0n) is 35.3. The molecule has 6 atom stereocenters. The molecule has 15 nitrogen and oxygen atoms in total. The van der Waals surface area contributed by atoms with Gasteiger partial charge in [0, 0.05) is 35.3 Å². The molecule has 1 heterocycles. The Morgan fingerprint density at radius 2 is 1.29 bits per heavy atom. The molecule has 2 rings (SSSR count). The van der Waals surface area contributed by atoms with Gasteiger partial charge < -0.3 is 40.3 Å². The standard InChI is InChI=1S/C32H57N7O7.C8H10O/c1-13-20(6)27-32(46)36(9)17-26(41)39(12)24(15-19(4)5)29(43)34-23(14-18(2)3)31(45)38(11)22(8)30(44)37(10)21(7)28(42)33-16-25(40)35-27;1-9-7-8-5-3-2-4-6-8/h18-24,27H,13-17H2,1-12H3,(H,33,42)(H,34,43)(H,35,40);2-6H,7H2,1H3/t20?,21?,22?,23-,24?,27?;/m0./s1. The molecule has 1 aliphatic rings. The van der Waals surface area contributed by atoms with Crippen molar-refractivity contribution in [2.75, 3.05) is 48.4 Å². The fourth-order valence-corrected chi connectivity index (χ4v) is 5.88. The highest BCUT2D eigenvalue weighted by Gasteiger charge is 2.37. The second kappa shape index (κ2) is 23.4. The molecule has 0 bridgehead atoms. The van der Waals surface area contributed by atoms with Crippen molar-refractivity contribution < 1.29 is 38.3 Å². The molecule has 310 valence electrons. The van der Waals surface area contributed by atoms with Crippen molar-refractivity contribution in [3.8, 4) is 0 Å². The Hall–Kier alpha value is -4.53. The molecule has 1 saturated heterocycles. The first kappa shape index (κ1) is 48.5. The highest BCUT2D eigenvalue weighted by molar-refractivity contribution is 5.97. The summed E-state index contributed by atoms with van der Waals surface area (Å²) in [7, 11) is 7.54. The van der Waals surface area contributed by atoms with Gasteiger partial charge in [-0.25, -0.2) is 0 Å². The number of carbonyl (C=O) groups is 7. The molecular formula is C40H67N7O8. The van der Waals surface area contributed by atoms with Gasteiger partial charge in [0.2, 0.25) is 41.4 Å². The van der Waals surface area contributed by atoms with Crippen LogP contribution in [0.2, 0.25) is 0 Å². The second-order valence-electron chi connectivity index (χ2n) is 15.4. The lowest BCUT2D eigenvalue weighted by Gasteiger charge is -2.35. The van der Waals surface area contributed by atoms with Crippen LogP contribution in [0.4, 0.5) is 0 Å². The molecule has 1 aliphatic heterocycles. The van der Waals surface area contributed by atoms with Gasteiger partial charge in [-0.2, -0.15) is 0 Å². The van der Waals surface area contributed by atoms with Crippen LogP contribution in [0.3, 0.4) is 0 Å². The highest BCUT2D eigenvalue weighted by atomic mass is 16.5. The molecule has 55 heavy (non-hydrogen) atoms. The van der Waals surface area contributed by atoms with Gasteiger partial charge in [-0.05, 0) is 50.0 Å². The van der Waals surface area contributed by atoms with Crippen LogP contribution in [0.25, 0.3) is 0 Å². The average Bonchev–Trinajstić information content (AvgIpc) is 3.15. The number of carbonyl (C=O) groups excluding carboxylic acids is 7. The SMILES string of the molecule is CCC(C)C1NC(=O)CNC(=O)C(C)N(C)C(=O)C(C)N(C)C(=O)[C@H](CC(C)C)NC(=O)C(CC(C)C)N(C)C(=O)CN(C)C1=O.COCc1ccccc1. The zero-order chi connectivity index (χ0) is 42.2. The molecule has 0 aromatic heterocycles. The van der Waals surface area contributed by atoms with Crippen molar-refractivity contribution in [3.63, 3.8) is 0 Å². The Labute approximate surface area is 328 Å². The van der Waals surface area contributed by atoms with E-state index in [1.807, 2.05) is 65.0 Å². The normalized spacial score (nSPS) is 23.8. The highest BCUT2D eigenvalue weighted by Crippen LogP contribution is 2.17. The van der Waals surface area contributed by atoms with Crippen LogP contribution < -0.4 is 16.0 Å². The third kappa shape index (κ3) is 15.3. The van der Waals surface area contributed by atoms with Crippen LogP contribution in [-0.4, -0.2) is 140 Å². The van der Waals surface area contributed by atoms with Gasteiger partial charge >= 0.3 is 0 Å². The van der Waals surface area contributed by atoms with Crippen molar-refractivity contribution >= 4 is 41.4 Å².